The number of carbonyl (C=O) groups excluding carboxylic acids is 1. The Kier molecular flexibility index (Phi) is 7.45. The summed E-state index contributed by atoms with van der Waals surface area (Å²) in [5.41, 5.74) is 3.62. The van der Waals surface area contributed by atoms with Crippen molar-refractivity contribution in [1.29, 1.82) is 0 Å². The minimum atomic E-state index is -3.33. The number of amides is 1. The number of hydrogen-bond acceptors (Lipinski definition) is 4. The third kappa shape index (κ3) is 5.48. The quantitative estimate of drug-likeness (QED) is 0.693. The molecule has 2 rings (SSSR count). The van der Waals surface area contributed by atoms with Gasteiger partial charge in [0.05, 0.1) is 11.9 Å². The lowest BCUT2D eigenvalue weighted by Gasteiger charge is -2.20. The fourth-order valence-electron chi connectivity index (χ4n) is 3.04. The first-order chi connectivity index (χ1) is 13.3. The first-order valence-corrected chi connectivity index (χ1v) is 11.3. The highest BCUT2D eigenvalue weighted by Crippen LogP contribution is 2.23. The fraction of sp³-hybridized carbons (Fsp3) is 0.381. The maximum atomic E-state index is 12.4. The van der Waals surface area contributed by atoms with Crippen LogP contribution in [0.25, 0.3) is 0 Å². The first kappa shape index (κ1) is 21.8. The van der Waals surface area contributed by atoms with Gasteiger partial charge in [-0.1, -0.05) is 32.0 Å². The maximum Gasteiger partial charge on any atom is 0.262 e. The Bertz CT molecular complexity index is 886. The molecular weight excluding hydrogens is 376 g/mol. The molecule has 0 saturated carbocycles. The summed E-state index contributed by atoms with van der Waals surface area (Å²) >= 11 is 0. The summed E-state index contributed by atoms with van der Waals surface area (Å²) in [5, 5.41) is 2.96. The second-order valence-electron chi connectivity index (χ2n) is 6.42. The molecule has 0 saturated heterocycles. The van der Waals surface area contributed by atoms with E-state index in [0.717, 1.165) is 29.7 Å². The van der Waals surface area contributed by atoms with Crippen LogP contribution in [0.5, 0.6) is 5.75 Å². The molecule has 0 aliphatic rings. The monoisotopic (exact) mass is 404 g/mol. The number of aryl methyl sites for hydroxylation is 2. The average molecular weight is 405 g/mol. The summed E-state index contributed by atoms with van der Waals surface area (Å²) < 4.78 is 30.4. The zero-order valence-electron chi connectivity index (χ0n) is 16.9. The van der Waals surface area contributed by atoms with E-state index in [4.69, 9.17) is 4.74 Å². The second kappa shape index (κ2) is 9.59. The number of sulfonamides is 1. The standard InChI is InChI=1S/C21H28N2O4S/c1-5-16-9-8-10-17(6-2)21(16)22-20(24)15-27-19-13-11-18(12-14-19)23(7-3)28(4,25)26/h8-14H,5-7,15H2,1-4H3,(H,22,24). The normalized spacial score (nSPS) is 11.1. The van der Waals surface area contributed by atoms with Gasteiger partial charge in [-0.3, -0.25) is 9.10 Å². The van der Waals surface area contributed by atoms with Crippen LogP contribution in [0.4, 0.5) is 11.4 Å². The van der Waals surface area contributed by atoms with Crippen LogP contribution in [0, 0.1) is 0 Å². The van der Waals surface area contributed by atoms with E-state index in [9.17, 15) is 13.2 Å². The Morgan fingerprint density at radius 1 is 1.00 bits per heavy atom. The maximum absolute atomic E-state index is 12.4. The predicted molar refractivity (Wildman–Crippen MR) is 114 cm³/mol. The lowest BCUT2D eigenvalue weighted by atomic mass is 10.0. The van der Waals surface area contributed by atoms with Gasteiger partial charge in [-0.25, -0.2) is 8.42 Å². The molecule has 2 aromatic carbocycles. The van der Waals surface area contributed by atoms with Crippen molar-refractivity contribution in [2.75, 3.05) is 29.0 Å². The number of benzene rings is 2. The van der Waals surface area contributed by atoms with Crippen molar-refractivity contribution in [1.82, 2.24) is 0 Å². The molecule has 0 atom stereocenters. The van der Waals surface area contributed by atoms with Gasteiger partial charge in [-0.05, 0) is 55.2 Å². The molecule has 7 heteroatoms. The molecule has 1 N–H and O–H groups in total. The Hall–Kier alpha value is -2.54. The van der Waals surface area contributed by atoms with E-state index < -0.39 is 10.0 Å². The number of para-hydroxylation sites is 1. The van der Waals surface area contributed by atoms with Gasteiger partial charge < -0.3 is 10.1 Å². The van der Waals surface area contributed by atoms with Gasteiger partial charge in [0, 0.05) is 12.2 Å². The highest BCUT2D eigenvalue weighted by Gasteiger charge is 2.15. The van der Waals surface area contributed by atoms with Gasteiger partial charge in [0.25, 0.3) is 5.91 Å². The molecule has 0 bridgehead atoms. The number of nitrogens with zero attached hydrogens (tertiary/aromatic N) is 1. The number of hydrogen-bond donors (Lipinski definition) is 1. The van der Waals surface area contributed by atoms with E-state index in [0.29, 0.717) is 18.0 Å². The van der Waals surface area contributed by atoms with E-state index in [1.165, 1.54) is 10.6 Å². The van der Waals surface area contributed by atoms with E-state index in [1.807, 2.05) is 18.2 Å². The van der Waals surface area contributed by atoms with Crippen LogP contribution in [0.3, 0.4) is 0 Å². The molecule has 0 radical (unpaired) electrons. The molecule has 0 aliphatic heterocycles. The highest BCUT2D eigenvalue weighted by atomic mass is 32.2. The molecular formula is C21H28N2O4S. The van der Waals surface area contributed by atoms with Crippen molar-refractivity contribution in [2.24, 2.45) is 0 Å². The molecule has 0 fully saturated rings. The summed E-state index contributed by atoms with van der Waals surface area (Å²) in [4.78, 5) is 12.4. The van der Waals surface area contributed by atoms with Gasteiger partial charge in [0.15, 0.2) is 6.61 Å². The van der Waals surface area contributed by atoms with Crippen LogP contribution in [-0.2, 0) is 27.7 Å². The topological polar surface area (TPSA) is 75.7 Å². The number of carbonyl (C=O) groups is 1. The smallest absolute Gasteiger partial charge is 0.262 e. The molecule has 0 spiro atoms. The summed E-state index contributed by atoms with van der Waals surface area (Å²) in [5.74, 6) is 0.272. The van der Waals surface area contributed by atoms with Crippen molar-refractivity contribution in [3.05, 3.63) is 53.6 Å². The largest absolute Gasteiger partial charge is 0.484 e. The number of ether oxygens (including phenoxy) is 1. The molecule has 1 amide bonds. The van der Waals surface area contributed by atoms with Gasteiger partial charge in [-0.15, -0.1) is 0 Å². The summed E-state index contributed by atoms with van der Waals surface area (Å²) in [6.07, 6.45) is 2.84. The SMILES string of the molecule is CCc1cccc(CC)c1NC(=O)COc1ccc(N(CC)S(C)(=O)=O)cc1. The van der Waals surface area contributed by atoms with Gasteiger partial charge in [-0.2, -0.15) is 0 Å². The van der Waals surface area contributed by atoms with Gasteiger partial charge >= 0.3 is 0 Å². The van der Waals surface area contributed by atoms with E-state index in [2.05, 4.69) is 19.2 Å². The van der Waals surface area contributed by atoms with Crippen LogP contribution in [0.15, 0.2) is 42.5 Å². The zero-order valence-corrected chi connectivity index (χ0v) is 17.7. The molecule has 152 valence electrons. The molecule has 2 aromatic rings. The molecule has 6 nitrogen and oxygen atoms in total. The first-order valence-electron chi connectivity index (χ1n) is 9.41. The van der Waals surface area contributed by atoms with Crippen LogP contribution >= 0.6 is 0 Å². The van der Waals surface area contributed by atoms with Crippen LogP contribution < -0.4 is 14.4 Å². The van der Waals surface area contributed by atoms with Gasteiger partial charge in [0.1, 0.15) is 5.75 Å². The van der Waals surface area contributed by atoms with E-state index in [1.54, 1.807) is 31.2 Å². The average Bonchev–Trinajstić information content (AvgIpc) is 2.67. The summed E-state index contributed by atoms with van der Waals surface area (Å²) in [6.45, 7) is 6.10. The Morgan fingerprint density at radius 3 is 2.04 bits per heavy atom. The minimum Gasteiger partial charge on any atom is -0.484 e. The van der Waals surface area contributed by atoms with Crippen molar-refractivity contribution in [3.63, 3.8) is 0 Å². The van der Waals surface area contributed by atoms with E-state index in [-0.39, 0.29) is 12.5 Å². The lowest BCUT2D eigenvalue weighted by Crippen LogP contribution is -2.29. The van der Waals surface area contributed by atoms with Gasteiger partial charge in [0.2, 0.25) is 10.0 Å². The third-order valence-electron chi connectivity index (χ3n) is 4.45. The van der Waals surface area contributed by atoms with E-state index >= 15 is 0 Å². The Balaban J connectivity index is 2.02. The van der Waals surface area contributed by atoms with Crippen LogP contribution in [0.1, 0.15) is 31.9 Å². The molecule has 0 unspecified atom stereocenters. The zero-order chi connectivity index (χ0) is 20.7. The van der Waals surface area contributed by atoms with Crippen molar-refractivity contribution in [2.45, 2.75) is 33.6 Å². The Morgan fingerprint density at radius 2 is 1.57 bits per heavy atom. The number of anilines is 2. The highest BCUT2D eigenvalue weighted by molar-refractivity contribution is 7.92. The third-order valence-corrected chi connectivity index (χ3v) is 5.72. The van der Waals surface area contributed by atoms with Crippen LogP contribution in [0.2, 0.25) is 0 Å². The fourth-order valence-corrected chi connectivity index (χ4v) is 4.02. The summed E-state index contributed by atoms with van der Waals surface area (Å²) in [7, 11) is -3.33. The molecule has 0 heterocycles. The second-order valence-corrected chi connectivity index (χ2v) is 8.32. The molecule has 0 aliphatic carbocycles. The van der Waals surface area contributed by atoms with Crippen molar-refractivity contribution < 1.29 is 17.9 Å². The Labute approximate surface area is 167 Å². The summed E-state index contributed by atoms with van der Waals surface area (Å²) in [6, 6.07) is 12.7. The predicted octanol–water partition coefficient (Wildman–Crippen LogP) is 3.61. The van der Waals surface area contributed by atoms with Crippen molar-refractivity contribution in [3.8, 4) is 5.75 Å². The minimum absolute atomic E-state index is 0.121. The number of nitrogens with one attached hydrogen (secondary N) is 1. The number of rotatable bonds is 9. The van der Waals surface area contributed by atoms with Crippen molar-refractivity contribution >= 4 is 27.3 Å². The molecule has 0 aromatic heterocycles. The molecule has 28 heavy (non-hydrogen) atoms. The lowest BCUT2D eigenvalue weighted by molar-refractivity contribution is -0.118. The van der Waals surface area contributed by atoms with Crippen LogP contribution in [-0.4, -0.2) is 33.7 Å².